The standard InChI is InChI=1S/C21H30O4/c1-3-15-21(25,4-2)16-9-10-17-13-14-19(22)18(17)11-7-5-6-8-12-20(23)24/h4-5,7,9-10,13-14,17-18,25H,2-3,6,8,11-12,15-16H2,1H3,(H,23,24)/b7-5-,10-9?/t17-,18+,21?/m0/s1. The number of carboxylic acid groups (broad SMARTS) is 1. The third-order valence-corrected chi connectivity index (χ3v) is 4.52. The molecule has 0 bridgehead atoms. The van der Waals surface area contributed by atoms with E-state index in [0.717, 1.165) is 6.42 Å². The summed E-state index contributed by atoms with van der Waals surface area (Å²) in [6.07, 6.45) is 17.2. The van der Waals surface area contributed by atoms with Crippen molar-refractivity contribution in [2.24, 2.45) is 11.8 Å². The SMILES string of the molecule is C=CC(O)(CC=C[C@H]1C=CC(=O)[C@@H]1C/C=C\CCCC(=O)O)CCC. The summed E-state index contributed by atoms with van der Waals surface area (Å²) in [7, 11) is 0. The maximum absolute atomic E-state index is 12.0. The van der Waals surface area contributed by atoms with Gasteiger partial charge in [-0.1, -0.05) is 49.8 Å². The summed E-state index contributed by atoms with van der Waals surface area (Å²) >= 11 is 0. The van der Waals surface area contributed by atoms with Gasteiger partial charge in [0.15, 0.2) is 5.78 Å². The summed E-state index contributed by atoms with van der Waals surface area (Å²) in [4.78, 5) is 22.5. The van der Waals surface area contributed by atoms with Gasteiger partial charge in [-0.05, 0) is 38.2 Å². The molecule has 0 saturated carbocycles. The molecule has 1 unspecified atom stereocenters. The molecule has 138 valence electrons. The molecule has 0 fully saturated rings. The van der Waals surface area contributed by atoms with E-state index < -0.39 is 11.6 Å². The Morgan fingerprint density at radius 3 is 2.76 bits per heavy atom. The summed E-state index contributed by atoms with van der Waals surface area (Å²) in [5.41, 5.74) is -0.878. The van der Waals surface area contributed by atoms with Crippen molar-refractivity contribution < 1.29 is 19.8 Å². The molecule has 1 aliphatic carbocycles. The first kappa shape index (κ1) is 21.1. The Kier molecular flexibility index (Phi) is 9.14. The van der Waals surface area contributed by atoms with Crippen LogP contribution in [0.2, 0.25) is 0 Å². The van der Waals surface area contributed by atoms with E-state index in [1.807, 2.05) is 37.3 Å². The molecule has 1 rings (SSSR count). The van der Waals surface area contributed by atoms with E-state index >= 15 is 0 Å². The highest BCUT2D eigenvalue weighted by Crippen LogP contribution is 2.28. The highest BCUT2D eigenvalue weighted by molar-refractivity contribution is 5.95. The smallest absolute Gasteiger partial charge is 0.303 e. The average molecular weight is 346 g/mol. The van der Waals surface area contributed by atoms with Gasteiger partial charge in [0.2, 0.25) is 0 Å². The number of aliphatic carboxylic acids is 1. The fourth-order valence-corrected chi connectivity index (χ4v) is 3.01. The van der Waals surface area contributed by atoms with E-state index in [9.17, 15) is 14.7 Å². The first-order valence-electron chi connectivity index (χ1n) is 9.03. The van der Waals surface area contributed by atoms with Crippen LogP contribution in [0, 0.1) is 11.8 Å². The number of unbranched alkanes of at least 4 members (excludes halogenated alkanes) is 1. The summed E-state index contributed by atoms with van der Waals surface area (Å²) in [6, 6.07) is 0. The molecule has 4 heteroatoms. The Morgan fingerprint density at radius 1 is 1.36 bits per heavy atom. The second-order valence-corrected chi connectivity index (χ2v) is 6.63. The van der Waals surface area contributed by atoms with E-state index in [1.165, 1.54) is 0 Å². The molecule has 25 heavy (non-hydrogen) atoms. The van der Waals surface area contributed by atoms with Gasteiger partial charge in [0, 0.05) is 18.3 Å². The summed E-state index contributed by atoms with van der Waals surface area (Å²) in [5.74, 6) is -0.712. The van der Waals surface area contributed by atoms with Crippen LogP contribution in [0.1, 0.15) is 51.9 Å². The van der Waals surface area contributed by atoms with Crippen LogP contribution >= 0.6 is 0 Å². The highest BCUT2D eigenvalue weighted by Gasteiger charge is 2.27. The molecular formula is C21H30O4. The molecule has 0 heterocycles. The van der Waals surface area contributed by atoms with E-state index in [4.69, 9.17) is 5.11 Å². The van der Waals surface area contributed by atoms with E-state index in [1.54, 1.807) is 12.2 Å². The van der Waals surface area contributed by atoms with Crippen molar-refractivity contribution in [3.8, 4) is 0 Å². The molecule has 2 N–H and O–H groups in total. The molecule has 1 aliphatic rings. The molecule has 0 spiro atoms. The zero-order chi connectivity index (χ0) is 18.7. The second kappa shape index (κ2) is 10.8. The Morgan fingerprint density at radius 2 is 2.12 bits per heavy atom. The first-order chi connectivity index (χ1) is 11.9. The molecule has 4 nitrogen and oxygen atoms in total. The zero-order valence-corrected chi connectivity index (χ0v) is 15.1. The largest absolute Gasteiger partial charge is 0.481 e. The minimum absolute atomic E-state index is 0.0480. The van der Waals surface area contributed by atoms with Crippen LogP contribution in [0.25, 0.3) is 0 Å². The number of aliphatic hydroxyl groups is 1. The predicted molar refractivity (Wildman–Crippen MR) is 100 cm³/mol. The summed E-state index contributed by atoms with van der Waals surface area (Å²) in [5, 5.41) is 19.0. The van der Waals surface area contributed by atoms with Gasteiger partial charge >= 0.3 is 5.97 Å². The van der Waals surface area contributed by atoms with Crippen molar-refractivity contribution in [1.29, 1.82) is 0 Å². The van der Waals surface area contributed by atoms with Crippen LogP contribution in [0.4, 0.5) is 0 Å². The van der Waals surface area contributed by atoms with Crippen molar-refractivity contribution in [1.82, 2.24) is 0 Å². The minimum atomic E-state index is -0.878. The third kappa shape index (κ3) is 7.65. The number of carbonyl (C=O) groups excluding carboxylic acids is 1. The van der Waals surface area contributed by atoms with Gasteiger partial charge in [-0.3, -0.25) is 9.59 Å². The number of carboxylic acids is 1. The van der Waals surface area contributed by atoms with E-state index in [0.29, 0.717) is 32.1 Å². The Hall–Kier alpha value is -1.94. The normalized spacial score (nSPS) is 22.7. The Labute approximate surface area is 150 Å². The monoisotopic (exact) mass is 346 g/mol. The van der Waals surface area contributed by atoms with E-state index in [2.05, 4.69) is 6.58 Å². The summed E-state index contributed by atoms with van der Waals surface area (Å²) in [6.45, 7) is 5.73. The molecule has 0 aromatic rings. The molecular weight excluding hydrogens is 316 g/mol. The van der Waals surface area contributed by atoms with Crippen LogP contribution < -0.4 is 0 Å². The van der Waals surface area contributed by atoms with Crippen molar-refractivity contribution in [3.05, 3.63) is 49.1 Å². The van der Waals surface area contributed by atoms with Crippen LogP contribution in [0.15, 0.2) is 49.1 Å². The minimum Gasteiger partial charge on any atom is -0.481 e. The topological polar surface area (TPSA) is 74.6 Å². The van der Waals surface area contributed by atoms with Crippen molar-refractivity contribution in [2.75, 3.05) is 0 Å². The average Bonchev–Trinajstić information content (AvgIpc) is 2.91. The van der Waals surface area contributed by atoms with Crippen LogP contribution in [-0.2, 0) is 9.59 Å². The summed E-state index contributed by atoms with van der Waals surface area (Å²) < 4.78 is 0. The van der Waals surface area contributed by atoms with Crippen molar-refractivity contribution in [2.45, 2.75) is 57.5 Å². The molecule has 0 aromatic carbocycles. The lowest BCUT2D eigenvalue weighted by Gasteiger charge is -2.22. The number of ketones is 1. The van der Waals surface area contributed by atoms with Gasteiger partial charge in [-0.2, -0.15) is 0 Å². The van der Waals surface area contributed by atoms with Gasteiger partial charge in [0.1, 0.15) is 0 Å². The van der Waals surface area contributed by atoms with Gasteiger partial charge in [0.25, 0.3) is 0 Å². The van der Waals surface area contributed by atoms with Gasteiger partial charge in [0.05, 0.1) is 5.60 Å². The molecule has 0 amide bonds. The van der Waals surface area contributed by atoms with Crippen LogP contribution in [0.3, 0.4) is 0 Å². The van der Waals surface area contributed by atoms with Gasteiger partial charge in [-0.25, -0.2) is 0 Å². The maximum Gasteiger partial charge on any atom is 0.303 e. The zero-order valence-electron chi connectivity index (χ0n) is 15.1. The Bertz CT molecular complexity index is 544. The van der Waals surface area contributed by atoms with Crippen molar-refractivity contribution in [3.63, 3.8) is 0 Å². The van der Waals surface area contributed by atoms with Crippen LogP contribution in [-0.4, -0.2) is 27.6 Å². The highest BCUT2D eigenvalue weighted by atomic mass is 16.4. The molecule has 3 atom stereocenters. The van der Waals surface area contributed by atoms with E-state index in [-0.39, 0.29) is 24.0 Å². The number of carbonyl (C=O) groups is 2. The lowest BCUT2D eigenvalue weighted by molar-refractivity contribution is -0.137. The lowest BCUT2D eigenvalue weighted by Crippen LogP contribution is -2.24. The third-order valence-electron chi connectivity index (χ3n) is 4.52. The lowest BCUT2D eigenvalue weighted by atomic mass is 9.89. The second-order valence-electron chi connectivity index (χ2n) is 6.63. The number of hydrogen-bond acceptors (Lipinski definition) is 3. The predicted octanol–water partition coefficient (Wildman–Crippen LogP) is 4.22. The molecule has 0 saturated heterocycles. The molecule has 0 radical (unpaired) electrons. The quantitative estimate of drug-likeness (QED) is 0.410. The number of rotatable bonds is 12. The fourth-order valence-electron chi connectivity index (χ4n) is 3.01. The first-order valence-corrected chi connectivity index (χ1v) is 9.03. The van der Waals surface area contributed by atoms with Crippen LogP contribution in [0.5, 0.6) is 0 Å². The number of allylic oxidation sites excluding steroid dienone is 5. The molecule has 0 aliphatic heterocycles. The maximum atomic E-state index is 12.0. The fraction of sp³-hybridized carbons (Fsp3) is 0.524. The van der Waals surface area contributed by atoms with Crippen molar-refractivity contribution >= 4 is 11.8 Å². The number of hydrogen-bond donors (Lipinski definition) is 2. The van der Waals surface area contributed by atoms with Gasteiger partial charge in [-0.15, -0.1) is 6.58 Å². The van der Waals surface area contributed by atoms with Gasteiger partial charge < -0.3 is 10.2 Å². The molecule has 0 aromatic heterocycles. The Balaban J connectivity index is 2.50.